The van der Waals surface area contributed by atoms with E-state index < -0.39 is 17.7 Å². The van der Waals surface area contributed by atoms with E-state index in [9.17, 15) is 13.6 Å². The molecule has 0 aromatic heterocycles. The Bertz CT molecular complexity index is 425. The van der Waals surface area contributed by atoms with Gasteiger partial charge in [0, 0.05) is 12.5 Å². The SMILES string of the molecule is NN1CCCC(c2cc(F)ccc2F)C1C=O. The number of benzene rings is 1. The summed E-state index contributed by atoms with van der Waals surface area (Å²) >= 11 is 0. The van der Waals surface area contributed by atoms with Crippen molar-refractivity contribution < 1.29 is 13.6 Å². The highest BCUT2D eigenvalue weighted by atomic mass is 19.1. The average Bonchev–Trinajstić information content (AvgIpc) is 2.32. The molecule has 1 aromatic rings. The van der Waals surface area contributed by atoms with Gasteiger partial charge in [-0.1, -0.05) is 0 Å². The largest absolute Gasteiger partial charge is 0.302 e. The molecule has 17 heavy (non-hydrogen) atoms. The smallest absolute Gasteiger partial charge is 0.139 e. The van der Waals surface area contributed by atoms with E-state index >= 15 is 0 Å². The first-order valence-corrected chi connectivity index (χ1v) is 5.55. The minimum absolute atomic E-state index is 0.234. The lowest BCUT2D eigenvalue weighted by Gasteiger charge is -2.35. The Balaban J connectivity index is 2.36. The summed E-state index contributed by atoms with van der Waals surface area (Å²) in [7, 11) is 0. The summed E-state index contributed by atoms with van der Waals surface area (Å²) in [6, 6.07) is 2.72. The molecule has 0 radical (unpaired) electrons. The fourth-order valence-electron chi connectivity index (χ4n) is 2.36. The van der Waals surface area contributed by atoms with Gasteiger partial charge in [-0.3, -0.25) is 5.84 Å². The summed E-state index contributed by atoms with van der Waals surface area (Å²) in [5, 5.41) is 1.39. The Morgan fingerprint density at radius 3 is 2.88 bits per heavy atom. The predicted molar refractivity (Wildman–Crippen MR) is 59.1 cm³/mol. The van der Waals surface area contributed by atoms with E-state index in [4.69, 9.17) is 5.84 Å². The normalized spacial score (nSPS) is 25.8. The lowest BCUT2D eigenvalue weighted by atomic mass is 9.84. The van der Waals surface area contributed by atoms with Gasteiger partial charge in [0.2, 0.25) is 0 Å². The summed E-state index contributed by atoms with van der Waals surface area (Å²) in [6.45, 7) is 0.594. The highest BCUT2D eigenvalue weighted by Gasteiger charge is 2.32. The Labute approximate surface area is 98.2 Å². The molecule has 0 amide bonds. The third-order valence-electron chi connectivity index (χ3n) is 3.22. The number of nitrogens with two attached hydrogens (primary N) is 1. The van der Waals surface area contributed by atoms with Gasteiger partial charge in [0.05, 0.1) is 6.04 Å². The molecule has 1 fully saturated rings. The van der Waals surface area contributed by atoms with Crippen LogP contribution in [0.4, 0.5) is 8.78 Å². The molecular weight excluding hydrogens is 226 g/mol. The summed E-state index contributed by atoms with van der Waals surface area (Å²) in [4.78, 5) is 11.0. The second-order valence-corrected chi connectivity index (χ2v) is 4.28. The number of hydrogen-bond acceptors (Lipinski definition) is 3. The fraction of sp³-hybridized carbons (Fsp3) is 0.417. The molecule has 2 rings (SSSR count). The van der Waals surface area contributed by atoms with Crippen LogP contribution in [-0.4, -0.2) is 23.9 Å². The first kappa shape index (κ1) is 12.1. The summed E-state index contributed by atoms with van der Waals surface area (Å²) in [5.41, 5.74) is 0.234. The van der Waals surface area contributed by atoms with E-state index in [0.717, 1.165) is 24.6 Å². The zero-order valence-electron chi connectivity index (χ0n) is 9.27. The van der Waals surface area contributed by atoms with Crippen LogP contribution in [0.1, 0.15) is 24.3 Å². The van der Waals surface area contributed by atoms with Crippen LogP contribution in [0.3, 0.4) is 0 Å². The first-order chi connectivity index (χ1) is 8.13. The number of carbonyl (C=O) groups is 1. The number of hydrogen-bond donors (Lipinski definition) is 1. The minimum atomic E-state index is -0.583. The van der Waals surface area contributed by atoms with Gasteiger partial charge >= 0.3 is 0 Å². The number of nitrogens with zero attached hydrogens (tertiary/aromatic N) is 1. The third kappa shape index (κ3) is 2.35. The Morgan fingerprint density at radius 2 is 2.18 bits per heavy atom. The van der Waals surface area contributed by atoms with Crippen molar-refractivity contribution in [3.8, 4) is 0 Å². The van der Waals surface area contributed by atoms with E-state index in [1.165, 1.54) is 5.01 Å². The Kier molecular flexibility index (Phi) is 3.49. The van der Waals surface area contributed by atoms with Crippen molar-refractivity contribution >= 4 is 6.29 Å². The van der Waals surface area contributed by atoms with Gasteiger partial charge < -0.3 is 4.79 Å². The van der Waals surface area contributed by atoms with Gasteiger partial charge in [-0.25, -0.2) is 13.8 Å². The number of aldehydes is 1. The predicted octanol–water partition coefficient (Wildman–Crippen LogP) is 1.59. The van der Waals surface area contributed by atoms with Crippen molar-refractivity contribution in [1.82, 2.24) is 5.01 Å². The molecule has 0 aliphatic carbocycles. The summed E-state index contributed by atoms with van der Waals surface area (Å²) < 4.78 is 26.8. The molecule has 1 aliphatic rings. The molecule has 1 aromatic carbocycles. The molecule has 0 saturated carbocycles. The van der Waals surface area contributed by atoms with E-state index in [1.54, 1.807) is 0 Å². The Morgan fingerprint density at radius 1 is 1.41 bits per heavy atom. The van der Waals surface area contributed by atoms with Crippen LogP contribution in [0.2, 0.25) is 0 Å². The molecule has 92 valence electrons. The standard InChI is InChI=1S/C12H14F2N2O/c13-8-3-4-11(14)10(6-8)9-2-1-5-16(15)12(9)7-17/h3-4,6-7,9,12H,1-2,5,15H2. The maximum absolute atomic E-state index is 13.6. The molecule has 2 N–H and O–H groups in total. The van der Waals surface area contributed by atoms with Gasteiger partial charge in [0.1, 0.15) is 17.9 Å². The van der Waals surface area contributed by atoms with Gasteiger partial charge in [0.25, 0.3) is 0 Å². The van der Waals surface area contributed by atoms with Crippen molar-refractivity contribution in [3.63, 3.8) is 0 Å². The topological polar surface area (TPSA) is 46.3 Å². The van der Waals surface area contributed by atoms with Crippen molar-refractivity contribution in [2.75, 3.05) is 6.54 Å². The van der Waals surface area contributed by atoms with E-state index in [0.29, 0.717) is 19.3 Å². The van der Waals surface area contributed by atoms with Crippen molar-refractivity contribution in [2.45, 2.75) is 24.8 Å². The molecule has 5 heteroatoms. The molecule has 0 bridgehead atoms. The van der Waals surface area contributed by atoms with Gasteiger partial charge in [-0.15, -0.1) is 0 Å². The molecular formula is C12H14F2N2O. The number of rotatable bonds is 2. The lowest BCUT2D eigenvalue weighted by molar-refractivity contribution is -0.114. The van der Waals surface area contributed by atoms with Crippen molar-refractivity contribution in [1.29, 1.82) is 0 Å². The van der Waals surface area contributed by atoms with E-state index in [-0.39, 0.29) is 11.5 Å². The second kappa shape index (κ2) is 4.89. The zero-order chi connectivity index (χ0) is 12.4. The van der Waals surface area contributed by atoms with Crippen molar-refractivity contribution in [3.05, 3.63) is 35.4 Å². The fourth-order valence-corrected chi connectivity index (χ4v) is 2.36. The number of hydrazine groups is 1. The van der Waals surface area contributed by atoms with Crippen molar-refractivity contribution in [2.24, 2.45) is 5.84 Å². The average molecular weight is 240 g/mol. The van der Waals surface area contributed by atoms with Crippen LogP contribution < -0.4 is 5.84 Å². The highest BCUT2D eigenvalue weighted by molar-refractivity contribution is 5.60. The van der Waals surface area contributed by atoms with E-state index in [2.05, 4.69) is 0 Å². The molecule has 2 atom stereocenters. The van der Waals surface area contributed by atoms with Gasteiger partial charge in [-0.2, -0.15) is 0 Å². The maximum atomic E-state index is 13.6. The molecule has 1 saturated heterocycles. The lowest BCUT2D eigenvalue weighted by Crippen LogP contribution is -2.49. The monoisotopic (exact) mass is 240 g/mol. The Hall–Kier alpha value is -1.33. The maximum Gasteiger partial charge on any atom is 0.139 e. The molecule has 2 unspecified atom stereocenters. The second-order valence-electron chi connectivity index (χ2n) is 4.28. The van der Waals surface area contributed by atoms with Crippen LogP contribution in [0.15, 0.2) is 18.2 Å². The summed E-state index contributed by atoms with van der Waals surface area (Å²) in [6.07, 6.45) is 2.10. The van der Waals surface area contributed by atoms with Gasteiger partial charge in [-0.05, 0) is 36.6 Å². The third-order valence-corrected chi connectivity index (χ3v) is 3.22. The van der Waals surface area contributed by atoms with Crippen LogP contribution in [0.25, 0.3) is 0 Å². The molecule has 0 spiro atoms. The van der Waals surface area contributed by atoms with Crippen LogP contribution in [0, 0.1) is 11.6 Å². The van der Waals surface area contributed by atoms with E-state index in [1.807, 2.05) is 0 Å². The first-order valence-electron chi connectivity index (χ1n) is 5.55. The quantitative estimate of drug-likeness (QED) is 0.630. The number of carbonyl (C=O) groups excluding carboxylic acids is 1. The minimum Gasteiger partial charge on any atom is -0.302 e. The molecule has 1 aliphatic heterocycles. The molecule has 1 heterocycles. The summed E-state index contributed by atoms with van der Waals surface area (Å²) in [5.74, 6) is 4.33. The van der Waals surface area contributed by atoms with Crippen LogP contribution >= 0.6 is 0 Å². The van der Waals surface area contributed by atoms with Crippen LogP contribution in [-0.2, 0) is 4.79 Å². The van der Waals surface area contributed by atoms with Gasteiger partial charge in [0.15, 0.2) is 0 Å². The highest BCUT2D eigenvalue weighted by Crippen LogP contribution is 2.32. The van der Waals surface area contributed by atoms with Crippen LogP contribution in [0.5, 0.6) is 0 Å². The number of piperidine rings is 1. The molecule has 3 nitrogen and oxygen atoms in total. The zero-order valence-corrected chi connectivity index (χ0v) is 9.27. The number of halogens is 2.